The summed E-state index contributed by atoms with van der Waals surface area (Å²) in [5, 5.41) is 11.4. The predicted octanol–water partition coefficient (Wildman–Crippen LogP) is 0.376. The van der Waals surface area contributed by atoms with Crippen LogP contribution in [0.5, 0.6) is 0 Å². The van der Waals surface area contributed by atoms with E-state index >= 15 is 0 Å². The van der Waals surface area contributed by atoms with Crippen LogP contribution in [0.4, 0.5) is 0 Å². The monoisotopic (exact) mass is 115 g/mol. The number of nitrogens with one attached hydrogen (secondary N) is 1. The molecule has 0 aliphatic carbocycles. The van der Waals surface area contributed by atoms with Gasteiger partial charge in [0, 0.05) is 6.20 Å². The summed E-state index contributed by atoms with van der Waals surface area (Å²) >= 11 is 1.18. The molecule has 1 aromatic heterocycles. The minimum absolute atomic E-state index is 0.958. The number of aromatic amines is 1. The molecule has 7 heavy (non-hydrogen) atoms. The zero-order chi connectivity index (χ0) is 5.11. The van der Waals surface area contributed by atoms with E-state index in [1.54, 1.807) is 12.4 Å². The van der Waals surface area contributed by atoms with Gasteiger partial charge >= 0.3 is 0 Å². The molecule has 0 aliphatic heterocycles. The van der Waals surface area contributed by atoms with Crippen LogP contribution in [0, 0.1) is 0 Å². The van der Waals surface area contributed by atoms with Crippen molar-refractivity contribution in [2.24, 2.45) is 5.14 Å². The first-order valence-corrected chi connectivity index (χ1v) is 2.67. The van der Waals surface area contributed by atoms with E-state index in [-0.39, 0.29) is 0 Å². The second-order valence-electron chi connectivity index (χ2n) is 1.05. The molecule has 3 nitrogen and oxygen atoms in total. The van der Waals surface area contributed by atoms with E-state index in [1.807, 2.05) is 0 Å². The fourth-order valence-corrected chi connectivity index (χ4v) is 0.538. The van der Waals surface area contributed by atoms with Crippen molar-refractivity contribution >= 4 is 11.9 Å². The van der Waals surface area contributed by atoms with Crippen LogP contribution in [0.1, 0.15) is 0 Å². The molecule has 0 aliphatic rings. The topological polar surface area (TPSA) is 54.7 Å². The zero-order valence-electron chi connectivity index (χ0n) is 3.59. The minimum Gasteiger partial charge on any atom is -0.285 e. The smallest absolute Gasteiger partial charge is 0.0636 e. The van der Waals surface area contributed by atoms with Crippen molar-refractivity contribution in [1.82, 2.24) is 10.2 Å². The maximum absolute atomic E-state index is 5.15. The Morgan fingerprint density at radius 2 is 2.71 bits per heavy atom. The Labute approximate surface area is 45.4 Å². The van der Waals surface area contributed by atoms with Gasteiger partial charge in [0.15, 0.2) is 0 Å². The van der Waals surface area contributed by atoms with Gasteiger partial charge in [0.1, 0.15) is 0 Å². The van der Waals surface area contributed by atoms with Gasteiger partial charge in [-0.15, -0.1) is 0 Å². The third-order valence-corrected chi connectivity index (χ3v) is 1.10. The molecule has 3 N–H and O–H groups in total. The Balaban J connectivity index is 2.76. The largest absolute Gasteiger partial charge is 0.285 e. The van der Waals surface area contributed by atoms with Gasteiger partial charge in [0.05, 0.1) is 11.1 Å². The van der Waals surface area contributed by atoms with Crippen LogP contribution < -0.4 is 5.14 Å². The van der Waals surface area contributed by atoms with Crippen LogP contribution in [0.3, 0.4) is 0 Å². The molecule has 0 spiro atoms. The first-order valence-electron chi connectivity index (χ1n) is 1.79. The summed E-state index contributed by atoms with van der Waals surface area (Å²) in [5.74, 6) is 0. The van der Waals surface area contributed by atoms with Crippen LogP contribution in [-0.2, 0) is 0 Å². The molecule has 0 bridgehead atoms. The molecule has 0 atom stereocenters. The van der Waals surface area contributed by atoms with Gasteiger partial charge in [-0.1, -0.05) is 0 Å². The molecule has 0 amide bonds. The van der Waals surface area contributed by atoms with Crippen LogP contribution in [0.15, 0.2) is 17.3 Å². The highest BCUT2D eigenvalue weighted by Crippen LogP contribution is 2.05. The zero-order valence-corrected chi connectivity index (χ0v) is 4.40. The van der Waals surface area contributed by atoms with Crippen molar-refractivity contribution in [2.45, 2.75) is 4.90 Å². The molecule has 0 aromatic carbocycles. The summed E-state index contributed by atoms with van der Waals surface area (Å²) in [7, 11) is 0. The summed E-state index contributed by atoms with van der Waals surface area (Å²) in [6.45, 7) is 0. The maximum Gasteiger partial charge on any atom is 0.0636 e. The standard InChI is InChI=1S/C3H5N3S/c4-7-3-1-5-6-2-3/h1-2H,4H2,(H,5,6). The van der Waals surface area contributed by atoms with Crippen molar-refractivity contribution < 1.29 is 0 Å². The lowest BCUT2D eigenvalue weighted by Gasteiger charge is -1.76. The number of hydrogen-bond acceptors (Lipinski definition) is 3. The lowest BCUT2D eigenvalue weighted by atomic mass is 10.7. The molecule has 38 valence electrons. The van der Waals surface area contributed by atoms with Crippen molar-refractivity contribution in [1.29, 1.82) is 0 Å². The van der Waals surface area contributed by atoms with E-state index in [4.69, 9.17) is 5.14 Å². The van der Waals surface area contributed by atoms with Gasteiger partial charge < -0.3 is 0 Å². The average molecular weight is 115 g/mol. The molecular formula is C3H5N3S. The SMILES string of the molecule is NSc1cn[nH]c1. The predicted molar refractivity (Wildman–Crippen MR) is 28.6 cm³/mol. The van der Waals surface area contributed by atoms with E-state index in [1.165, 1.54) is 11.9 Å². The third-order valence-electron chi connectivity index (χ3n) is 0.609. The highest BCUT2D eigenvalue weighted by molar-refractivity contribution is 7.97. The van der Waals surface area contributed by atoms with Crippen molar-refractivity contribution in [3.8, 4) is 0 Å². The van der Waals surface area contributed by atoms with E-state index in [2.05, 4.69) is 10.2 Å². The molecule has 1 rings (SSSR count). The first kappa shape index (κ1) is 4.67. The molecular weight excluding hydrogens is 110 g/mol. The number of aromatic nitrogens is 2. The lowest BCUT2D eigenvalue weighted by Crippen LogP contribution is -1.72. The van der Waals surface area contributed by atoms with Gasteiger partial charge in [0.25, 0.3) is 0 Å². The third kappa shape index (κ3) is 0.942. The van der Waals surface area contributed by atoms with Gasteiger partial charge in [-0.25, -0.2) is 0 Å². The van der Waals surface area contributed by atoms with E-state index in [9.17, 15) is 0 Å². The summed E-state index contributed by atoms with van der Waals surface area (Å²) in [5.41, 5.74) is 0. The summed E-state index contributed by atoms with van der Waals surface area (Å²) in [6.07, 6.45) is 3.41. The maximum atomic E-state index is 5.15. The van der Waals surface area contributed by atoms with Gasteiger partial charge in [-0.3, -0.25) is 10.2 Å². The van der Waals surface area contributed by atoms with Gasteiger partial charge in [0.2, 0.25) is 0 Å². The molecule has 0 radical (unpaired) electrons. The highest BCUT2D eigenvalue weighted by Gasteiger charge is 1.84. The number of H-pyrrole nitrogens is 1. The van der Waals surface area contributed by atoms with Crippen LogP contribution in [0.2, 0.25) is 0 Å². The minimum atomic E-state index is 0.958. The second-order valence-corrected chi connectivity index (χ2v) is 1.76. The Morgan fingerprint density at radius 1 is 1.86 bits per heavy atom. The molecule has 0 fully saturated rings. The van der Waals surface area contributed by atoms with Gasteiger partial charge in [-0.05, 0) is 11.9 Å². The number of rotatable bonds is 1. The van der Waals surface area contributed by atoms with E-state index < -0.39 is 0 Å². The molecule has 0 saturated carbocycles. The molecule has 1 aromatic rings. The Bertz CT molecular complexity index is 125. The van der Waals surface area contributed by atoms with Crippen molar-refractivity contribution in [3.05, 3.63) is 12.4 Å². The summed E-state index contributed by atoms with van der Waals surface area (Å²) < 4.78 is 0. The fraction of sp³-hybridized carbons (Fsp3) is 0. The molecule has 0 unspecified atom stereocenters. The van der Waals surface area contributed by atoms with Crippen LogP contribution >= 0.6 is 11.9 Å². The van der Waals surface area contributed by atoms with Crippen molar-refractivity contribution in [3.63, 3.8) is 0 Å². The quantitative estimate of drug-likeness (QED) is 0.520. The Kier molecular flexibility index (Phi) is 1.33. The summed E-state index contributed by atoms with van der Waals surface area (Å²) in [6, 6.07) is 0. The molecule has 0 saturated heterocycles. The number of nitrogens with two attached hydrogens (primary N) is 1. The van der Waals surface area contributed by atoms with Crippen LogP contribution in [-0.4, -0.2) is 10.2 Å². The van der Waals surface area contributed by atoms with E-state index in [0.29, 0.717) is 0 Å². The highest BCUT2D eigenvalue weighted by atomic mass is 32.2. The lowest BCUT2D eigenvalue weighted by molar-refractivity contribution is 1.09. The fourth-order valence-electron chi connectivity index (χ4n) is 0.303. The van der Waals surface area contributed by atoms with Crippen LogP contribution in [0.25, 0.3) is 0 Å². The Hall–Kier alpha value is -0.480. The Morgan fingerprint density at radius 3 is 3.00 bits per heavy atom. The number of hydrogen-bond donors (Lipinski definition) is 2. The number of nitrogens with zero attached hydrogens (tertiary/aromatic N) is 1. The first-order chi connectivity index (χ1) is 3.43. The van der Waals surface area contributed by atoms with E-state index in [0.717, 1.165) is 4.90 Å². The molecule has 1 heterocycles. The second kappa shape index (κ2) is 1.99. The van der Waals surface area contributed by atoms with Gasteiger partial charge in [-0.2, -0.15) is 5.10 Å². The summed E-state index contributed by atoms with van der Waals surface area (Å²) in [4.78, 5) is 0.958. The van der Waals surface area contributed by atoms with Crippen molar-refractivity contribution in [2.75, 3.05) is 0 Å². The average Bonchev–Trinajstić information content (AvgIpc) is 2.14. The normalized spacial score (nSPS) is 9.29. The molecule has 4 heteroatoms.